The lowest BCUT2D eigenvalue weighted by Crippen LogP contribution is -2.20. The molecule has 20 heavy (non-hydrogen) atoms. The Morgan fingerprint density at radius 1 is 1.20 bits per heavy atom. The molecule has 1 aliphatic carbocycles. The summed E-state index contributed by atoms with van der Waals surface area (Å²) < 4.78 is 5.47. The maximum absolute atomic E-state index is 5.47. The van der Waals surface area contributed by atoms with Crippen LogP contribution in [0.1, 0.15) is 57.6 Å². The Morgan fingerprint density at radius 2 is 2.00 bits per heavy atom. The van der Waals surface area contributed by atoms with E-state index in [2.05, 4.69) is 42.6 Å². The fraction of sp³-hybridized carbons (Fsp3) is 0.556. The molecule has 0 heterocycles. The van der Waals surface area contributed by atoms with E-state index in [4.69, 9.17) is 4.74 Å². The molecule has 0 aromatic heterocycles. The van der Waals surface area contributed by atoms with Crippen LogP contribution in [0.3, 0.4) is 0 Å². The highest BCUT2D eigenvalue weighted by atomic mass is 16.5. The Hall–Kier alpha value is -1.28. The average Bonchev–Trinajstić information content (AvgIpc) is 2.49. The molecule has 1 unspecified atom stereocenters. The summed E-state index contributed by atoms with van der Waals surface area (Å²) in [6.45, 7) is 6.03. The van der Waals surface area contributed by atoms with E-state index in [1.165, 1.54) is 37.7 Å². The normalized spacial score (nSPS) is 16.6. The van der Waals surface area contributed by atoms with Crippen LogP contribution in [0.2, 0.25) is 0 Å². The minimum Gasteiger partial charge on any atom is -0.494 e. The van der Waals surface area contributed by atoms with Crippen LogP contribution < -0.4 is 10.1 Å². The van der Waals surface area contributed by atoms with Crippen LogP contribution in [0, 0.1) is 0 Å². The fourth-order valence-corrected chi connectivity index (χ4v) is 2.72. The molecular formula is C18H27NO. The van der Waals surface area contributed by atoms with Crippen LogP contribution in [-0.4, -0.2) is 13.2 Å². The summed E-state index contributed by atoms with van der Waals surface area (Å²) in [7, 11) is 0. The SMILES string of the molecule is CCOc1ccc(C(C)NCCC2=CCCCC2)cc1. The highest BCUT2D eigenvalue weighted by Crippen LogP contribution is 2.21. The molecule has 1 atom stereocenters. The summed E-state index contributed by atoms with van der Waals surface area (Å²) in [6, 6.07) is 8.82. The van der Waals surface area contributed by atoms with Crippen LogP contribution in [-0.2, 0) is 0 Å². The third kappa shape index (κ3) is 4.68. The first-order chi connectivity index (χ1) is 9.79. The number of ether oxygens (including phenoxy) is 1. The third-order valence-corrected chi connectivity index (χ3v) is 3.97. The van der Waals surface area contributed by atoms with Crippen molar-refractivity contribution in [1.82, 2.24) is 5.32 Å². The minimum atomic E-state index is 0.398. The smallest absolute Gasteiger partial charge is 0.119 e. The summed E-state index contributed by atoms with van der Waals surface area (Å²) in [6.07, 6.45) is 8.97. The van der Waals surface area contributed by atoms with E-state index in [0.717, 1.165) is 18.9 Å². The molecule has 0 saturated heterocycles. The van der Waals surface area contributed by atoms with Gasteiger partial charge >= 0.3 is 0 Å². The molecule has 1 aliphatic rings. The second-order valence-electron chi connectivity index (χ2n) is 5.54. The van der Waals surface area contributed by atoms with Crippen molar-refractivity contribution < 1.29 is 4.74 Å². The molecule has 1 aromatic rings. The van der Waals surface area contributed by atoms with E-state index in [0.29, 0.717) is 6.04 Å². The van der Waals surface area contributed by atoms with Gasteiger partial charge in [-0.05, 0) is 70.2 Å². The summed E-state index contributed by atoms with van der Waals surface area (Å²) >= 11 is 0. The van der Waals surface area contributed by atoms with Crippen LogP contribution in [0.25, 0.3) is 0 Å². The summed E-state index contributed by atoms with van der Waals surface area (Å²) in [5, 5.41) is 3.62. The second kappa shape index (κ2) is 8.11. The Bertz CT molecular complexity index is 422. The Balaban J connectivity index is 1.76. The van der Waals surface area contributed by atoms with Gasteiger partial charge in [0.1, 0.15) is 5.75 Å². The van der Waals surface area contributed by atoms with E-state index in [1.807, 2.05) is 6.92 Å². The zero-order chi connectivity index (χ0) is 14.2. The van der Waals surface area contributed by atoms with E-state index >= 15 is 0 Å². The van der Waals surface area contributed by atoms with Crippen molar-refractivity contribution in [3.05, 3.63) is 41.5 Å². The molecule has 0 amide bonds. The predicted molar refractivity (Wildman–Crippen MR) is 85.2 cm³/mol. The van der Waals surface area contributed by atoms with Gasteiger partial charge in [-0.3, -0.25) is 0 Å². The molecule has 0 saturated carbocycles. The molecule has 2 rings (SSSR count). The largest absolute Gasteiger partial charge is 0.494 e. The highest BCUT2D eigenvalue weighted by Gasteiger charge is 2.07. The van der Waals surface area contributed by atoms with Crippen molar-refractivity contribution in [3.63, 3.8) is 0 Å². The number of nitrogens with one attached hydrogen (secondary N) is 1. The van der Waals surface area contributed by atoms with Gasteiger partial charge < -0.3 is 10.1 Å². The van der Waals surface area contributed by atoms with Crippen LogP contribution in [0.5, 0.6) is 5.75 Å². The van der Waals surface area contributed by atoms with Gasteiger partial charge in [-0.25, -0.2) is 0 Å². The second-order valence-corrected chi connectivity index (χ2v) is 5.54. The van der Waals surface area contributed by atoms with Crippen LogP contribution in [0.4, 0.5) is 0 Å². The predicted octanol–water partition coefficient (Wildman–Crippen LogP) is 4.63. The van der Waals surface area contributed by atoms with Crippen molar-refractivity contribution in [1.29, 1.82) is 0 Å². The Labute approximate surface area is 123 Å². The molecule has 0 bridgehead atoms. The van der Waals surface area contributed by atoms with E-state index < -0.39 is 0 Å². The van der Waals surface area contributed by atoms with E-state index in [-0.39, 0.29) is 0 Å². The lowest BCUT2D eigenvalue weighted by atomic mass is 9.97. The first-order valence-corrected chi connectivity index (χ1v) is 7.93. The van der Waals surface area contributed by atoms with Crippen molar-refractivity contribution in [2.45, 2.75) is 52.0 Å². The summed E-state index contributed by atoms with van der Waals surface area (Å²) in [5.74, 6) is 0.954. The molecular weight excluding hydrogens is 246 g/mol. The molecule has 1 aromatic carbocycles. The molecule has 110 valence electrons. The van der Waals surface area contributed by atoms with Crippen LogP contribution >= 0.6 is 0 Å². The van der Waals surface area contributed by atoms with Gasteiger partial charge in [-0.1, -0.05) is 23.8 Å². The molecule has 0 radical (unpaired) electrons. The molecule has 0 aliphatic heterocycles. The summed E-state index contributed by atoms with van der Waals surface area (Å²) in [4.78, 5) is 0. The topological polar surface area (TPSA) is 21.3 Å². The van der Waals surface area contributed by atoms with Crippen molar-refractivity contribution >= 4 is 0 Å². The van der Waals surface area contributed by atoms with Crippen LogP contribution in [0.15, 0.2) is 35.9 Å². The van der Waals surface area contributed by atoms with Crippen molar-refractivity contribution in [2.75, 3.05) is 13.2 Å². The summed E-state index contributed by atoms with van der Waals surface area (Å²) in [5.41, 5.74) is 2.97. The number of allylic oxidation sites excluding steroid dienone is 1. The molecule has 0 fully saturated rings. The lowest BCUT2D eigenvalue weighted by molar-refractivity contribution is 0.340. The molecule has 0 spiro atoms. The quantitative estimate of drug-likeness (QED) is 0.732. The van der Waals surface area contributed by atoms with Gasteiger partial charge in [0.15, 0.2) is 0 Å². The van der Waals surface area contributed by atoms with E-state index in [9.17, 15) is 0 Å². The average molecular weight is 273 g/mol. The van der Waals surface area contributed by atoms with Crippen molar-refractivity contribution in [3.8, 4) is 5.75 Å². The first kappa shape index (κ1) is 15.1. The Kier molecular flexibility index (Phi) is 6.13. The lowest BCUT2D eigenvalue weighted by Gasteiger charge is -2.17. The van der Waals surface area contributed by atoms with E-state index in [1.54, 1.807) is 5.57 Å². The van der Waals surface area contributed by atoms with Gasteiger partial charge in [-0.2, -0.15) is 0 Å². The zero-order valence-electron chi connectivity index (χ0n) is 12.8. The third-order valence-electron chi connectivity index (χ3n) is 3.97. The minimum absolute atomic E-state index is 0.398. The molecule has 2 heteroatoms. The number of hydrogen-bond acceptors (Lipinski definition) is 2. The monoisotopic (exact) mass is 273 g/mol. The molecule has 1 N–H and O–H groups in total. The van der Waals surface area contributed by atoms with Crippen molar-refractivity contribution in [2.24, 2.45) is 0 Å². The van der Waals surface area contributed by atoms with Gasteiger partial charge in [0.25, 0.3) is 0 Å². The number of rotatable bonds is 7. The fourth-order valence-electron chi connectivity index (χ4n) is 2.72. The zero-order valence-corrected chi connectivity index (χ0v) is 12.8. The Morgan fingerprint density at radius 3 is 2.65 bits per heavy atom. The maximum Gasteiger partial charge on any atom is 0.119 e. The number of benzene rings is 1. The van der Waals surface area contributed by atoms with Gasteiger partial charge in [0, 0.05) is 6.04 Å². The van der Waals surface area contributed by atoms with Gasteiger partial charge in [0.2, 0.25) is 0 Å². The van der Waals surface area contributed by atoms with Gasteiger partial charge in [0.05, 0.1) is 6.61 Å². The van der Waals surface area contributed by atoms with Gasteiger partial charge in [-0.15, -0.1) is 0 Å². The standard InChI is InChI=1S/C18H27NO/c1-3-20-18-11-9-17(10-12-18)15(2)19-14-13-16-7-5-4-6-8-16/h7,9-12,15,19H,3-6,8,13-14H2,1-2H3. The maximum atomic E-state index is 5.47. The highest BCUT2D eigenvalue weighted by molar-refractivity contribution is 5.28. The molecule has 2 nitrogen and oxygen atoms in total. The number of hydrogen-bond donors (Lipinski definition) is 1. The first-order valence-electron chi connectivity index (χ1n) is 7.93.